The number of rotatable bonds is 1. The van der Waals surface area contributed by atoms with Crippen molar-refractivity contribution in [2.24, 2.45) is 7.05 Å². The van der Waals surface area contributed by atoms with Crippen molar-refractivity contribution in [3.8, 4) is 0 Å². The number of amides is 1. The van der Waals surface area contributed by atoms with Crippen molar-refractivity contribution in [3.63, 3.8) is 0 Å². The number of aryl methyl sites for hydroxylation is 1. The summed E-state index contributed by atoms with van der Waals surface area (Å²) in [6.45, 7) is 0. The van der Waals surface area contributed by atoms with Gasteiger partial charge in [-0.05, 0) is 17.7 Å². The number of halogens is 3. The Hall–Kier alpha value is -2.31. The van der Waals surface area contributed by atoms with Crippen LogP contribution in [0, 0.1) is 0 Å². The van der Waals surface area contributed by atoms with Crippen LogP contribution in [0.1, 0.15) is 29.0 Å². The number of nitrogens with one attached hydrogen (secondary N) is 1. The van der Waals surface area contributed by atoms with Gasteiger partial charge < -0.3 is 5.32 Å². The first-order valence-corrected chi connectivity index (χ1v) is 6.35. The molecule has 0 aliphatic carbocycles. The molecule has 1 aliphatic heterocycles. The molecule has 3 rings (SSSR count). The zero-order valence-corrected chi connectivity index (χ0v) is 11.1. The summed E-state index contributed by atoms with van der Waals surface area (Å²) in [6, 6.07) is 4.92. The number of benzene rings is 1. The van der Waals surface area contributed by atoms with E-state index in [9.17, 15) is 18.0 Å². The van der Waals surface area contributed by atoms with Gasteiger partial charge in [0.1, 0.15) is 5.82 Å². The molecule has 21 heavy (non-hydrogen) atoms. The number of anilines is 1. The lowest BCUT2D eigenvalue weighted by Crippen LogP contribution is -2.24. The zero-order valence-electron chi connectivity index (χ0n) is 11.1. The van der Waals surface area contributed by atoms with Gasteiger partial charge in [0, 0.05) is 24.9 Å². The lowest BCUT2D eigenvalue weighted by atomic mass is 9.87. The van der Waals surface area contributed by atoms with Gasteiger partial charge in [-0.15, -0.1) is 0 Å². The van der Waals surface area contributed by atoms with Crippen molar-refractivity contribution in [1.82, 2.24) is 9.78 Å². The molecular formula is C14H12F3N3O. The molecule has 1 N–H and O–H groups in total. The maximum atomic E-state index is 12.6. The number of hydrogen-bond donors (Lipinski definition) is 1. The average molecular weight is 295 g/mol. The van der Waals surface area contributed by atoms with Crippen molar-refractivity contribution in [2.45, 2.75) is 18.5 Å². The molecular weight excluding hydrogens is 283 g/mol. The third-order valence-corrected chi connectivity index (χ3v) is 3.63. The Balaban J connectivity index is 1.99. The van der Waals surface area contributed by atoms with Crippen LogP contribution in [0.2, 0.25) is 0 Å². The zero-order chi connectivity index (χ0) is 15.2. The van der Waals surface area contributed by atoms with Gasteiger partial charge in [0.25, 0.3) is 0 Å². The number of carbonyl (C=O) groups excluding carboxylic acids is 1. The minimum absolute atomic E-state index is 0.170. The van der Waals surface area contributed by atoms with Crippen LogP contribution in [-0.2, 0) is 18.0 Å². The van der Waals surface area contributed by atoms with E-state index in [1.165, 1.54) is 12.1 Å². The van der Waals surface area contributed by atoms with E-state index in [0.717, 1.165) is 17.7 Å². The van der Waals surface area contributed by atoms with Crippen molar-refractivity contribution in [3.05, 3.63) is 47.2 Å². The van der Waals surface area contributed by atoms with E-state index in [1.54, 1.807) is 17.9 Å². The van der Waals surface area contributed by atoms with Crippen molar-refractivity contribution in [1.29, 1.82) is 0 Å². The van der Waals surface area contributed by atoms with Crippen molar-refractivity contribution < 1.29 is 18.0 Å². The molecule has 0 saturated carbocycles. The molecule has 0 spiro atoms. The van der Waals surface area contributed by atoms with Crippen molar-refractivity contribution in [2.75, 3.05) is 5.32 Å². The van der Waals surface area contributed by atoms with Gasteiger partial charge in [0.15, 0.2) is 0 Å². The molecule has 0 bridgehead atoms. The Morgan fingerprint density at radius 2 is 1.95 bits per heavy atom. The van der Waals surface area contributed by atoms with Crippen LogP contribution in [0.15, 0.2) is 30.5 Å². The second kappa shape index (κ2) is 4.61. The standard InChI is InChI=1S/C14H12F3N3O/c1-20-13-11(7-18-20)10(6-12(21)19-13)8-2-4-9(5-3-8)14(15,16)17/h2-5,7,10H,6H2,1H3,(H,19,21). The quantitative estimate of drug-likeness (QED) is 0.879. The van der Waals surface area contributed by atoms with Gasteiger partial charge in [-0.1, -0.05) is 12.1 Å². The molecule has 1 amide bonds. The maximum absolute atomic E-state index is 12.6. The molecule has 0 fully saturated rings. The van der Waals surface area contributed by atoms with Crippen LogP contribution in [0.25, 0.3) is 0 Å². The Morgan fingerprint density at radius 3 is 2.57 bits per heavy atom. The summed E-state index contributed by atoms with van der Waals surface area (Å²) in [6.07, 6.45) is -2.52. The van der Waals surface area contributed by atoms with Crippen LogP contribution in [0.3, 0.4) is 0 Å². The lowest BCUT2D eigenvalue weighted by Gasteiger charge is -2.23. The number of alkyl halides is 3. The molecule has 0 saturated heterocycles. The molecule has 1 aromatic carbocycles. The highest BCUT2D eigenvalue weighted by Gasteiger charge is 2.32. The van der Waals surface area contributed by atoms with Crippen LogP contribution >= 0.6 is 0 Å². The summed E-state index contributed by atoms with van der Waals surface area (Å²) in [4.78, 5) is 11.8. The predicted octanol–water partition coefficient (Wildman–Crippen LogP) is 2.91. The molecule has 2 heterocycles. The minimum atomic E-state index is -4.36. The molecule has 1 aliphatic rings. The molecule has 110 valence electrons. The number of nitrogens with zero attached hydrogens (tertiary/aromatic N) is 2. The summed E-state index contributed by atoms with van der Waals surface area (Å²) in [5.41, 5.74) is 0.793. The number of aromatic nitrogens is 2. The third kappa shape index (κ3) is 2.39. The van der Waals surface area contributed by atoms with E-state index in [2.05, 4.69) is 10.4 Å². The number of fused-ring (bicyclic) bond motifs is 1. The van der Waals surface area contributed by atoms with E-state index in [1.807, 2.05) is 0 Å². The lowest BCUT2D eigenvalue weighted by molar-refractivity contribution is -0.137. The second-order valence-corrected chi connectivity index (χ2v) is 5.00. The molecule has 2 aromatic rings. The van der Waals surface area contributed by atoms with Crippen LogP contribution in [0.5, 0.6) is 0 Å². The molecule has 1 atom stereocenters. The summed E-state index contributed by atoms with van der Waals surface area (Å²) in [5.74, 6) is 0.150. The highest BCUT2D eigenvalue weighted by molar-refractivity contribution is 5.94. The number of carbonyl (C=O) groups is 1. The van der Waals surface area contributed by atoms with Gasteiger partial charge >= 0.3 is 6.18 Å². The fraction of sp³-hybridized carbons (Fsp3) is 0.286. The van der Waals surface area contributed by atoms with E-state index in [-0.39, 0.29) is 18.2 Å². The van der Waals surface area contributed by atoms with Gasteiger partial charge in [-0.25, -0.2) is 0 Å². The molecule has 1 aromatic heterocycles. The highest BCUT2D eigenvalue weighted by atomic mass is 19.4. The Labute approximate surface area is 118 Å². The highest BCUT2D eigenvalue weighted by Crippen LogP contribution is 2.37. The molecule has 0 radical (unpaired) electrons. The van der Waals surface area contributed by atoms with Gasteiger partial charge in [-0.2, -0.15) is 18.3 Å². The van der Waals surface area contributed by atoms with E-state index < -0.39 is 11.7 Å². The molecule has 7 heteroatoms. The fourth-order valence-corrected chi connectivity index (χ4v) is 2.54. The summed E-state index contributed by atoms with van der Waals surface area (Å²) in [5, 5.41) is 6.81. The topological polar surface area (TPSA) is 46.9 Å². The largest absolute Gasteiger partial charge is 0.416 e. The Kier molecular flexibility index (Phi) is 3.00. The van der Waals surface area contributed by atoms with E-state index in [4.69, 9.17) is 0 Å². The maximum Gasteiger partial charge on any atom is 0.416 e. The monoisotopic (exact) mass is 295 g/mol. The summed E-state index contributed by atoms with van der Waals surface area (Å²) in [7, 11) is 1.70. The van der Waals surface area contributed by atoms with E-state index in [0.29, 0.717) is 11.4 Å². The minimum Gasteiger partial charge on any atom is -0.311 e. The first kappa shape index (κ1) is 13.7. The van der Waals surface area contributed by atoms with Gasteiger partial charge in [0.2, 0.25) is 5.91 Å². The summed E-state index contributed by atoms with van der Waals surface area (Å²) < 4.78 is 39.3. The third-order valence-electron chi connectivity index (χ3n) is 3.63. The second-order valence-electron chi connectivity index (χ2n) is 5.00. The average Bonchev–Trinajstić information content (AvgIpc) is 2.79. The smallest absolute Gasteiger partial charge is 0.311 e. The molecule has 4 nitrogen and oxygen atoms in total. The predicted molar refractivity (Wildman–Crippen MR) is 69.7 cm³/mol. The Morgan fingerprint density at radius 1 is 1.29 bits per heavy atom. The number of hydrogen-bond acceptors (Lipinski definition) is 2. The van der Waals surface area contributed by atoms with Gasteiger partial charge in [-0.3, -0.25) is 9.48 Å². The Bertz CT molecular complexity index is 688. The van der Waals surface area contributed by atoms with Crippen LogP contribution in [-0.4, -0.2) is 15.7 Å². The summed E-state index contributed by atoms with van der Waals surface area (Å²) >= 11 is 0. The first-order chi connectivity index (χ1) is 9.86. The normalized spacial score (nSPS) is 18.3. The van der Waals surface area contributed by atoms with E-state index >= 15 is 0 Å². The van der Waals surface area contributed by atoms with Crippen LogP contribution in [0.4, 0.5) is 19.0 Å². The first-order valence-electron chi connectivity index (χ1n) is 6.35. The van der Waals surface area contributed by atoms with Gasteiger partial charge in [0.05, 0.1) is 11.8 Å². The van der Waals surface area contributed by atoms with Crippen LogP contribution < -0.4 is 5.32 Å². The SMILES string of the molecule is Cn1ncc2c1NC(=O)CC2c1ccc(C(F)(F)F)cc1. The molecule has 1 unspecified atom stereocenters. The fourth-order valence-electron chi connectivity index (χ4n) is 2.54. The van der Waals surface area contributed by atoms with Crippen molar-refractivity contribution >= 4 is 11.7 Å².